The molecule has 0 spiro atoms. The first-order valence-corrected chi connectivity index (χ1v) is 11.0. The van der Waals surface area contributed by atoms with Gasteiger partial charge in [-0.3, -0.25) is 14.5 Å². The number of rotatable bonds is 9. The summed E-state index contributed by atoms with van der Waals surface area (Å²) in [5.41, 5.74) is 3.31. The van der Waals surface area contributed by atoms with Gasteiger partial charge in [0.2, 0.25) is 5.95 Å². The minimum Gasteiger partial charge on any atom is -0.367 e. The third kappa shape index (κ3) is 4.86. The van der Waals surface area contributed by atoms with Crippen molar-refractivity contribution in [2.75, 3.05) is 23.7 Å². The Morgan fingerprint density at radius 3 is 2.44 bits per heavy atom. The Hall–Kier alpha value is -3.52. The van der Waals surface area contributed by atoms with Crippen LogP contribution in [-0.2, 0) is 0 Å². The van der Waals surface area contributed by atoms with Gasteiger partial charge in [0.1, 0.15) is 6.33 Å². The van der Waals surface area contributed by atoms with E-state index >= 15 is 0 Å². The van der Waals surface area contributed by atoms with Gasteiger partial charge in [-0.1, -0.05) is 18.2 Å². The smallest absolute Gasteiger partial charge is 0.231 e. The standard InChI is InChI=1S/C24H30N8/c1-17(2)31(18(3)4)14-13-26-22-21-23(32(16-27-21)20-10-6-5-7-11-20)30-24(29-22)28-19-9-8-12-25-15-19/h5-12,15-18H,13-14H2,1-4H3,(H2,26,28,29,30). The van der Waals surface area contributed by atoms with Gasteiger partial charge in [-0.25, -0.2) is 4.98 Å². The van der Waals surface area contributed by atoms with Crippen molar-refractivity contribution in [1.82, 2.24) is 29.4 Å². The Kier molecular flexibility index (Phi) is 6.61. The zero-order valence-corrected chi connectivity index (χ0v) is 19.0. The molecule has 4 aromatic rings. The van der Waals surface area contributed by atoms with Gasteiger partial charge in [0, 0.05) is 37.1 Å². The topological polar surface area (TPSA) is 83.8 Å². The molecule has 8 nitrogen and oxygen atoms in total. The number of imidazole rings is 1. The molecule has 0 saturated heterocycles. The van der Waals surface area contributed by atoms with Gasteiger partial charge in [0.15, 0.2) is 17.0 Å². The van der Waals surface area contributed by atoms with Crippen molar-refractivity contribution in [3.05, 3.63) is 61.2 Å². The summed E-state index contributed by atoms with van der Waals surface area (Å²) < 4.78 is 1.98. The molecule has 166 valence electrons. The van der Waals surface area contributed by atoms with E-state index in [2.05, 4.69) is 53.2 Å². The number of anilines is 3. The minimum absolute atomic E-state index is 0.474. The lowest BCUT2D eigenvalue weighted by molar-refractivity contribution is 0.182. The molecule has 4 rings (SSSR count). The monoisotopic (exact) mass is 430 g/mol. The molecule has 0 bridgehead atoms. The highest BCUT2D eigenvalue weighted by Gasteiger charge is 2.16. The number of fused-ring (bicyclic) bond motifs is 1. The van der Waals surface area contributed by atoms with Crippen molar-refractivity contribution in [1.29, 1.82) is 0 Å². The molecule has 0 fully saturated rings. The third-order valence-corrected chi connectivity index (χ3v) is 5.34. The van der Waals surface area contributed by atoms with Crippen LogP contribution in [0, 0.1) is 0 Å². The Morgan fingerprint density at radius 2 is 1.75 bits per heavy atom. The number of para-hydroxylation sites is 1. The average molecular weight is 431 g/mol. The van der Waals surface area contributed by atoms with E-state index in [0.29, 0.717) is 23.8 Å². The van der Waals surface area contributed by atoms with Crippen LogP contribution in [0.2, 0.25) is 0 Å². The molecule has 2 N–H and O–H groups in total. The Labute approximate surface area is 188 Å². The number of nitrogens with one attached hydrogen (secondary N) is 2. The van der Waals surface area contributed by atoms with Gasteiger partial charge in [-0.15, -0.1) is 0 Å². The van der Waals surface area contributed by atoms with E-state index in [1.54, 1.807) is 18.7 Å². The largest absolute Gasteiger partial charge is 0.367 e. The van der Waals surface area contributed by atoms with Crippen molar-refractivity contribution in [3.8, 4) is 5.69 Å². The summed E-state index contributed by atoms with van der Waals surface area (Å²) in [4.78, 5) is 20.7. The average Bonchev–Trinajstić information content (AvgIpc) is 3.21. The molecule has 0 amide bonds. The van der Waals surface area contributed by atoms with Crippen molar-refractivity contribution < 1.29 is 0 Å². The first-order chi connectivity index (χ1) is 15.5. The normalized spacial score (nSPS) is 11.6. The Bertz CT molecular complexity index is 1130. The van der Waals surface area contributed by atoms with Crippen LogP contribution in [0.3, 0.4) is 0 Å². The molecule has 0 unspecified atom stereocenters. The van der Waals surface area contributed by atoms with Crippen LogP contribution in [-0.4, -0.2) is 54.6 Å². The van der Waals surface area contributed by atoms with Gasteiger partial charge in [-0.05, 0) is 52.0 Å². The summed E-state index contributed by atoms with van der Waals surface area (Å²) in [7, 11) is 0. The highest BCUT2D eigenvalue weighted by atomic mass is 15.2. The lowest BCUT2D eigenvalue weighted by Gasteiger charge is -2.30. The second-order valence-electron chi connectivity index (χ2n) is 8.24. The first-order valence-electron chi connectivity index (χ1n) is 11.0. The molecule has 0 atom stereocenters. The number of hydrogen-bond acceptors (Lipinski definition) is 7. The fraction of sp³-hybridized carbons (Fsp3) is 0.333. The van der Waals surface area contributed by atoms with Gasteiger partial charge >= 0.3 is 0 Å². The lowest BCUT2D eigenvalue weighted by Crippen LogP contribution is -2.40. The number of pyridine rings is 1. The molecular weight excluding hydrogens is 400 g/mol. The van der Waals surface area contributed by atoms with Crippen LogP contribution in [0.5, 0.6) is 0 Å². The summed E-state index contributed by atoms with van der Waals surface area (Å²) in [6.45, 7) is 10.6. The molecule has 0 aliphatic carbocycles. The summed E-state index contributed by atoms with van der Waals surface area (Å²) >= 11 is 0. The molecule has 0 radical (unpaired) electrons. The van der Waals surface area contributed by atoms with Gasteiger partial charge < -0.3 is 10.6 Å². The predicted octanol–water partition coefficient (Wildman–Crippen LogP) is 4.48. The van der Waals surface area contributed by atoms with Crippen LogP contribution >= 0.6 is 0 Å². The number of nitrogens with zero attached hydrogens (tertiary/aromatic N) is 6. The molecule has 32 heavy (non-hydrogen) atoms. The fourth-order valence-corrected chi connectivity index (χ4v) is 3.84. The van der Waals surface area contributed by atoms with Gasteiger partial charge in [-0.2, -0.15) is 9.97 Å². The number of aromatic nitrogens is 5. The van der Waals surface area contributed by atoms with E-state index in [1.165, 1.54) is 0 Å². The first kappa shape index (κ1) is 21.7. The maximum atomic E-state index is 4.77. The number of hydrogen-bond donors (Lipinski definition) is 2. The molecule has 0 aliphatic heterocycles. The van der Waals surface area contributed by atoms with E-state index in [0.717, 1.165) is 35.6 Å². The SMILES string of the molecule is CC(C)N(CCNc1nc(Nc2cccnc2)nc2c1ncn2-c1ccccc1)C(C)C. The third-order valence-electron chi connectivity index (χ3n) is 5.34. The van der Waals surface area contributed by atoms with Crippen LogP contribution in [0.4, 0.5) is 17.5 Å². The minimum atomic E-state index is 0.474. The van der Waals surface area contributed by atoms with E-state index in [-0.39, 0.29) is 0 Å². The summed E-state index contributed by atoms with van der Waals surface area (Å²) in [5.74, 6) is 1.21. The highest BCUT2D eigenvalue weighted by Crippen LogP contribution is 2.25. The maximum Gasteiger partial charge on any atom is 0.231 e. The molecular formula is C24H30N8. The predicted molar refractivity (Wildman–Crippen MR) is 130 cm³/mol. The molecule has 3 heterocycles. The van der Waals surface area contributed by atoms with E-state index in [4.69, 9.17) is 9.97 Å². The van der Waals surface area contributed by atoms with Crippen molar-refractivity contribution in [2.24, 2.45) is 0 Å². The Balaban J connectivity index is 1.67. The fourth-order valence-electron chi connectivity index (χ4n) is 3.84. The molecule has 0 saturated carbocycles. The second kappa shape index (κ2) is 9.74. The summed E-state index contributed by atoms with van der Waals surface area (Å²) in [6.07, 6.45) is 5.28. The molecule has 8 heteroatoms. The Morgan fingerprint density at radius 1 is 0.969 bits per heavy atom. The van der Waals surface area contributed by atoms with Gasteiger partial charge in [0.05, 0.1) is 11.9 Å². The van der Waals surface area contributed by atoms with Crippen LogP contribution in [0.15, 0.2) is 61.2 Å². The lowest BCUT2D eigenvalue weighted by atomic mass is 10.2. The molecule has 3 aromatic heterocycles. The van der Waals surface area contributed by atoms with E-state index in [9.17, 15) is 0 Å². The number of benzene rings is 1. The quantitative estimate of drug-likeness (QED) is 0.405. The van der Waals surface area contributed by atoms with Crippen molar-refractivity contribution >= 4 is 28.6 Å². The zero-order chi connectivity index (χ0) is 22.5. The summed E-state index contributed by atoms with van der Waals surface area (Å²) in [5, 5.41) is 6.76. The zero-order valence-electron chi connectivity index (χ0n) is 19.0. The summed E-state index contributed by atoms with van der Waals surface area (Å²) in [6, 6.07) is 14.8. The highest BCUT2D eigenvalue weighted by molar-refractivity contribution is 5.85. The molecule has 0 aliphatic rings. The molecule has 1 aromatic carbocycles. The second-order valence-corrected chi connectivity index (χ2v) is 8.24. The van der Waals surface area contributed by atoms with Crippen LogP contribution in [0.25, 0.3) is 16.9 Å². The van der Waals surface area contributed by atoms with Crippen molar-refractivity contribution in [3.63, 3.8) is 0 Å². The van der Waals surface area contributed by atoms with E-state index in [1.807, 2.05) is 47.0 Å². The van der Waals surface area contributed by atoms with Crippen LogP contribution in [0.1, 0.15) is 27.7 Å². The van der Waals surface area contributed by atoms with Crippen molar-refractivity contribution in [2.45, 2.75) is 39.8 Å². The van der Waals surface area contributed by atoms with Crippen LogP contribution < -0.4 is 10.6 Å². The van der Waals surface area contributed by atoms with Gasteiger partial charge in [0.25, 0.3) is 0 Å². The van der Waals surface area contributed by atoms with E-state index < -0.39 is 0 Å². The maximum absolute atomic E-state index is 4.77.